The highest BCUT2D eigenvalue weighted by molar-refractivity contribution is 5.89. The number of carbonyl (C=O) groups excluding carboxylic acids is 1. The number of hydrogen-bond donors (Lipinski definition) is 2. The first kappa shape index (κ1) is 16.0. The van der Waals surface area contributed by atoms with Crippen LogP contribution in [0, 0.1) is 0 Å². The van der Waals surface area contributed by atoms with Crippen LogP contribution in [0.4, 0.5) is 5.95 Å². The first-order valence-corrected chi connectivity index (χ1v) is 6.48. The van der Waals surface area contributed by atoms with Gasteiger partial charge in [-0.15, -0.1) is 0 Å². The molecule has 0 aromatic carbocycles. The molecule has 118 valence electrons. The molecular weight excluding hydrogens is 300 g/mol. The van der Waals surface area contributed by atoms with Crippen LogP contribution in [0.5, 0.6) is 0 Å². The second kappa shape index (κ2) is 7.03. The van der Waals surface area contributed by atoms with Gasteiger partial charge in [0.1, 0.15) is 5.69 Å². The number of esters is 1. The Hall–Kier alpha value is -3.42. The molecule has 0 saturated heterocycles. The molecule has 0 atom stereocenters. The number of anilines is 1. The topological polar surface area (TPSA) is 120 Å². The van der Waals surface area contributed by atoms with Crippen molar-refractivity contribution in [1.82, 2.24) is 14.4 Å². The summed E-state index contributed by atoms with van der Waals surface area (Å²) in [6.45, 7) is 0. The van der Waals surface area contributed by atoms with Crippen molar-refractivity contribution in [2.75, 3.05) is 12.8 Å². The predicted octanol–water partition coefficient (Wildman–Crippen LogP) is 1.48. The molecule has 3 aromatic rings. The van der Waals surface area contributed by atoms with Crippen molar-refractivity contribution in [3.63, 3.8) is 0 Å². The van der Waals surface area contributed by atoms with E-state index in [1.807, 2.05) is 0 Å². The van der Waals surface area contributed by atoms with Crippen molar-refractivity contribution < 1.29 is 19.4 Å². The molecule has 0 aliphatic carbocycles. The number of nitrogens with zero attached hydrogens (tertiary/aromatic N) is 3. The lowest BCUT2D eigenvalue weighted by Gasteiger charge is -2.00. The van der Waals surface area contributed by atoms with Gasteiger partial charge in [0, 0.05) is 12.4 Å². The largest absolute Gasteiger partial charge is 0.477 e. The minimum atomic E-state index is -0.990. The molecule has 3 rings (SSSR count). The first-order valence-electron chi connectivity index (χ1n) is 6.48. The number of nitrogen functional groups attached to an aromatic ring is 1. The summed E-state index contributed by atoms with van der Waals surface area (Å²) in [5.74, 6) is -1.03. The van der Waals surface area contributed by atoms with Crippen LogP contribution in [0.25, 0.3) is 5.52 Å². The highest BCUT2D eigenvalue weighted by Crippen LogP contribution is 2.10. The van der Waals surface area contributed by atoms with E-state index in [2.05, 4.69) is 14.7 Å². The lowest BCUT2D eigenvalue weighted by molar-refractivity contribution is 0.0599. The minimum Gasteiger partial charge on any atom is -0.477 e. The fourth-order valence-corrected chi connectivity index (χ4v) is 1.74. The zero-order chi connectivity index (χ0) is 16.8. The summed E-state index contributed by atoms with van der Waals surface area (Å²) in [4.78, 5) is 28.8. The van der Waals surface area contributed by atoms with Gasteiger partial charge in [-0.05, 0) is 24.3 Å². The number of carboxylic acid groups (broad SMARTS) is 1. The van der Waals surface area contributed by atoms with Crippen molar-refractivity contribution in [3.8, 4) is 0 Å². The van der Waals surface area contributed by atoms with E-state index in [0.717, 1.165) is 5.52 Å². The Morgan fingerprint density at radius 3 is 2.57 bits per heavy atom. The summed E-state index contributed by atoms with van der Waals surface area (Å²) in [6, 6.07) is 8.18. The van der Waals surface area contributed by atoms with Crippen LogP contribution in [0.2, 0.25) is 0 Å². The average molecular weight is 314 g/mol. The Bertz CT molecular complexity index is 830. The standard InChI is InChI=1S/C9H9N3O2.C6H5NO2/c1-14-8(13)6-2-3-7-4-11-9(10)12(7)5-6;8-6(9)5-3-1-2-4-7-5/h2-5H,1H3,(H2,10,11);1-4H,(H,8,9). The molecule has 8 heteroatoms. The predicted molar refractivity (Wildman–Crippen MR) is 82.1 cm³/mol. The van der Waals surface area contributed by atoms with Gasteiger partial charge in [-0.25, -0.2) is 19.6 Å². The van der Waals surface area contributed by atoms with Crippen LogP contribution >= 0.6 is 0 Å². The van der Waals surface area contributed by atoms with Crippen molar-refractivity contribution in [2.24, 2.45) is 0 Å². The number of hydrogen-bond acceptors (Lipinski definition) is 6. The molecule has 0 unspecified atom stereocenters. The number of carboxylic acids is 1. The number of aromatic nitrogens is 3. The highest BCUT2D eigenvalue weighted by atomic mass is 16.5. The maximum Gasteiger partial charge on any atom is 0.354 e. The van der Waals surface area contributed by atoms with Crippen LogP contribution in [0.3, 0.4) is 0 Å². The highest BCUT2D eigenvalue weighted by Gasteiger charge is 2.07. The summed E-state index contributed by atoms with van der Waals surface area (Å²) in [7, 11) is 1.34. The monoisotopic (exact) mass is 314 g/mol. The zero-order valence-corrected chi connectivity index (χ0v) is 12.2. The van der Waals surface area contributed by atoms with E-state index < -0.39 is 5.97 Å². The number of rotatable bonds is 2. The Labute approximate surface area is 131 Å². The van der Waals surface area contributed by atoms with Gasteiger partial charge in [0.25, 0.3) is 0 Å². The summed E-state index contributed by atoms with van der Waals surface area (Å²) < 4.78 is 6.22. The van der Waals surface area contributed by atoms with E-state index >= 15 is 0 Å². The summed E-state index contributed by atoms with van der Waals surface area (Å²) in [5, 5.41) is 8.32. The van der Waals surface area contributed by atoms with E-state index in [9.17, 15) is 9.59 Å². The van der Waals surface area contributed by atoms with Gasteiger partial charge in [0.2, 0.25) is 5.95 Å². The number of ether oxygens (including phenoxy) is 1. The second-order valence-corrected chi connectivity index (χ2v) is 4.34. The fourth-order valence-electron chi connectivity index (χ4n) is 1.74. The molecule has 0 fully saturated rings. The molecule has 0 saturated carbocycles. The average Bonchev–Trinajstić information content (AvgIpc) is 2.96. The first-order chi connectivity index (χ1) is 11.0. The lowest BCUT2D eigenvalue weighted by Crippen LogP contribution is -2.03. The molecule has 0 radical (unpaired) electrons. The molecule has 3 aromatic heterocycles. The smallest absolute Gasteiger partial charge is 0.354 e. The third-order valence-electron chi connectivity index (χ3n) is 2.86. The van der Waals surface area contributed by atoms with Gasteiger partial charge in [0.15, 0.2) is 0 Å². The van der Waals surface area contributed by atoms with Gasteiger partial charge < -0.3 is 15.6 Å². The Morgan fingerprint density at radius 2 is 2.00 bits per heavy atom. The maximum atomic E-state index is 11.2. The molecule has 3 N–H and O–H groups in total. The van der Waals surface area contributed by atoms with Gasteiger partial charge >= 0.3 is 11.9 Å². The third kappa shape index (κ3) is 3.82. The lowest BCUT2D eigenvalue weighted by atomic mass is 10.3. The summed E-state index contributed by atoms with van der Waals surface area (Å²) in [6.07, 6.45) is 4.68. The molecule has 0 spiro atoms. The van der Waals surface area contributed by atoms with E-state index in [4.69, 9.17) is 10.8 Å². The van der Waals surface area contributed by atoms with Crippen LogP contribution in [-0.2, 0) is 4.74 Å². The molecule has 0 amide bonds. The summed E-state index contributed by atoms with van der Waals surface area (Å²) >= 11 is 0. The number of pyridine rings is 2. The number of carbonyl (C=O) groups is 2. The van der Waals surface area contributed by atoms with Gasteiger partial charge in [0.05, 0.1) is 24.4 Å². The van der Waals surface area contributed by atoms with E-state index in [-0.39, 0.29) is 11.7 Å². The molecule has 3 heterocycles. The Kier molecular flexibility index (Phi) is 4.88. The molecule has 0 aliphatic heterocycles. The molecule has 0 aliphatic rings. The quantitative estimate of drug-likeness (QED) is 0.687. The number of imidazole rings is 1. The number of aromatic carboxylic acids is 1. The SMILES string of the molecule is COC(=O)c1ccc2cnc(N)n2c1.O=C(O)c1ccccn1. The molecule has 23 heavy (non-hydrogen) atoms. The van der Waals surface area contributed by atoms with E-state index in [0.29, 0.717) is 11.5 Å². The van der Waals surface area contributed by atoms with Crippen molar-refractivity contribution in [2.45, 2.75) is 0 Å². The van der Waals surface area contributed by atoms with Crippen molar-refractivity contribution >= 4 is 23.4 Å². The number of methoxy groups -OCH3 is 1. The molecular formula is C15H14N4O4. The third-order valence-corrected chi connectivity index (χ3v) is 2.86. The Morgan fingerprint density at radius 1 is 1.22 bits per heavy atom. The maximum absolute atomic E-state index is 11.2. The normalized spacial score (nSPS) is 9.78. The Balaban J connectivity index is 0.000000185. The fraction of sp³-hybridized carbons (Fsp3) is 0.0667. The van der Waals surface area contributed by atoms with Crippen molar-refractivity contribution in [1.29, 1.82) is 0 Å². The molecule has 0 bridgehead atoms. The van der Waals surface area contributed by atoms with Crippen LogP contribution < -0.4 is 5.73 Å². The number of fused-ring (bicyclic) bond motifs is 1. The van der Waals surface area contributed by atoms with Gasteiger partial charge in [-0.1, -0.05) is 6.07 Å². The van der Waals surface area contributed by atoms with Crippen LogP contribution in [-0.4, -0.2) is 38.5 Å². The van der Waals surface area contributed by atoms with Gasteiger partial charge in [-0.2, -0.15) is 0 Å². The van der Waals surface area contributed by atoms with E-state index in [1.54, 1.807) is 41.1 Å². The zero-order valence-electron chi connectivity index (χ0n) is 12.2. The minimum absolute atomic E-state index is 0.0810. The number of nitrogens with two attached hydrogens (primary N) is 1. The van der Waals surface area contributed by atoms with Crippen LogP contribution in [0.1, 0.15) is 20.8 Å². The molecule has 8 nitrogen and oxygen atoms in total. The van der Waals surface area contributed by atoms with Crippen molar-refractivity contribution in [3.05, 3.63) is 60.2 Å². The van der Waals surface area contributed by atoms with E-state index in [1.165, 1.54) is 19.4 Å². The second-order valence-electron chi connectivity index (χ2n) is 4.34. The summed E-state index contributed by atoms with van der Waals surface area (Å²) in [5.41, 5.74) is 6.96. The van der Waals surface area contributed by atoms with Gasteiger partial charge in [-0.3, -0.25) is 4.40 Å². The van der Waals surface area contributed by atoms with Crippen LogP contribution in [0.15, 0.2) is 48.9 Å².